The summed E-state index contributed by atoms with van der Waals surface area (Å²) in [7, 11) is 0. The first kappa shape index (κ1) is 15.3. The van der Waals surface area contributed by atoms with Crippen molar-refractivity contribution in [2.75, 3.05) is 39.3 Å². The minimum absolute atomic E-state index is 0.388. The molecule has 0 spiro atoms. The second-order valence-electron chi connectivity index (χ2n) is 6.28. The molecule has 2 atom stereocenters. The number of ether oxygens (including phenoxy) is 1. The van der Waals surface area contributed by atoms with Crippen molar-refractivity contribution in [3.63, 3.8) is 0 Å². The van der Waals surface area contributed by atoms with Gasteiger partial charge in [0.05, 0.1) is 17.7 Å². The van der Waals surface area contributed by atoms with Gasteiger partial charge in [0.1, 0.15) is 6.10 Å². The first-order chi connectivity index (χ1) is 11.4. The number of hydrogen-bond donors (Lipinski definition) is 0. The number of aromatic nitrogens is 1. The third kappa shape index (κ3) is 3.80. The van der Waals surface area contributed by atoms with Gasteiger partial charge in [-0.05, 0) is 5.56 Å². The lowest BCUT2D eigenvalue weighted by Gasteiger charge is -2.39. The molecule has 1 aromatic carbocycles. The Kier molecular flexibility index (Phi) is 4.71. The summed E-state index contributed by atoms with van der Waals surface area (Å²) < 4.78 is 5.64. The molecule has 2 fully saturated rings. The number of epoxide rings is 1. The highest BCUT2D eigenvalue weighted by molar-refractivity contribution is 7.09. The number of piperazine rings is 1. The fourth-order valence-corrected chi connectivity index (χ4v) is 4.05. The van der Waals surface area contributed by atoms with Crippen LogP contribution < -0.4 is 0 Å². The quantitative estimate of drug-likeness (QED) is 0.762. The number of thiazole rings is 1. The zero-order valence-corrected chi connectivity index (χ0v) is 14.1. The predicted octanol–water partition coefficient (Wildman–Crippen LogP) is 2.44. The topological polar surface area (TPSA) is 31.9 Å². The number of rotatable bonds is 6. The highest BCUT2D eigenvalue weighted by Gasteiger charge is 2.38. The molecule has 5 heteroatoms. The van der Waals surface area contributed by atoms with Crippen molar-refractivity contribution in [3.05, 3.63) is 52.5 Å². The summed E-state index contributed by atoms with van der Waals surface area (Å²) in [6.07, 6.45) is 3.36. The highest BCUT2D eigenvalue weighted by atomic mass is 32.1. The molecule has 3 heterocycles. The van der Waals surface area contributed by atoms with E-state index in [9.17, 15) is 0 Å². The largest absolute Gasteiger partial charge is 0.371 e. The van der Waals surface area contributed by atoms with Gasteiger partial charge in [-0.2, -0.15) is 0 Å². The minimum Gasteiger partial charge on any atom is -0.371 e. The van der Waals surface area contributed by atoms with Crippen LogP contribution in [0.2, 0.25) is 0 Å². The summed E-state index contributed by atoms with van der Waals surface area (Å²) in [5, 5.41) is 3.31. The van der Waals surface area contributed by atoms with Crippen molar-refractivity contribution in [3.8, 4) is 0 Å². The van der Waals surface area contributed by atoms with Crippen molar-refractivity contribution in [1.82, 2.24) is 14.8 Å². The molecule has 0 N–H and O–H groups in total. The summed E-state index contributed by atoms with van der Waals surface area (Å²) >= 11 is 1.76. The lowest BCUT2D eigenvalue weighted by Crippen LogP contribution is -2.49. The Hall–Kier alpha value is -1.27. The van der Waals surface area contributed by atoms with E-state index in [1.54, 1.807) is 11.3 Å². The van der Waals surface area contributed by atoms with Gasteiger partial charge in [0.2, 0.25) is 0 Å². The van der Waals surface area contributed by atoms with E-state index in [0.717, 1.165) is 45.8 Å². The van der Waals surface area contributed by atoms with E-state index in [-0.39, 0.29) is 0 Å². The van der Waals surface area contributed by atoms with Crippen LogP contribution >= 0.6 is 11.3 Å². The monoisotopic (exact) mass is 329 g/mol. The number of nitrogens with zero attached hydrogens (tertiary/aromatic N) is 3. The first-order valence-electron chi connectivity index (χ1n) is 8.41. The molecule has 2 saturated heterocycles. The second-order valence-corrected chi connectivity index (χ2v) is 7.26. The van der Waals surface area contributed by atoms with Crippen LogP contribution in [0.15, 0.2) is 41.9 Å². The summed E-state index contributed by atoms with van der Waals surface area (Å²) in [5.41, 5.74) is 1.39. The SMILES string of the molecule is c1ccc(C(C2CO2)N2CCN(CCc3nccs3)CC2)cc1. The van der Waals surface area contributed by atoms with Gasteiger partial charge in [0.15, 0.2) is 0 Å². The number of benzene rings is 1. The van der Waals surface area contributed by atoms with Crippen LogP contribution in [0.3, 0.4) is 0 Å². The average Bonchev–Trinajstić information content (AvgIpc) is 3.29. The molecule has 1 aromatic heterocycles. The Balaban J connectivity index is 1.33. The van der Waals surface area contributed by atoms with E-state index in [4.69, 9.17) is 4.74 Å². The van der Waals surface area contributed by atoms with Crippen LogP contribution in [0.25, 0.3) is 0 Å². The lowest BCUT2D eigenvalue weighted by molar-refractivity contribution is 0.0825. The molecule has 2 aliphatic rings. The molecule has 4 rings (SSSR count). The fourth-order valence-electron chi connectivity index (χ4n) is 3.44. The van der Waals surface area contributed by atoms with Gasteiger partial charge >= 0.3 is 0 Å². The third-order valence-corrected chi connectivity index (χ3v) is 5.62. The molecule has 23 heavy (non-hydrogen) atoms. The summed E-state index contributed by atoms with van der Waals surface area (Å²) in [6, 6.07) is 11.3. The summed E-state index contributed by atoms with van der Waals surface area (Å²) in [5.74, 6) is 0. The Morgan fingerprint density at radius 3 is 2.61 bits per heavy atom. The van der Waals surface area contributed by atoms with E-state index >= 15 is 0 Å². The second kappa shape index (κ2) is 7.09. The smallest absolute Gasteiger partial charge is 0.101 e. The Morgan fingerprint density at radius 1 is 1.17 bits per heavy atom. The molecule has 0 amide bonds. The van der Waals surface area contributed by atoms with Crippen LogP contribution in [0.1, 0.15) is 16.6 Å². The van der Waals surface area contributed by atoms with Crippen LogP contribution in [0.5, 0.6) is 0 Å². The highest BCUT2D eigenvalue weighted by Crippen LogP contribution is 2.33. The maximum Gasteiger partial charge on any atom is 0.101 e. The molecule has 0 radical (unpaired) electrons. The fraction of sp³-hybridized carbons (Fsp3) is 0.500. The van der Waals surface area contributed by atoms with E-state index in [2.05, 4.69) is 50.5 Å². The lowest BCUT2D eigenvalue weighted by atomic mass is 10.0. The van der Waals surface area contributed by atoms with Crippen LogP contribution in [-0.2, 0) is 11.2 Å². The molecule has 2 aliphatic heterocycles. The molecule has 0 aliphatic carbocycles. The first-order valence-corrected chi connectivity index (χ1v) is 9.29. The zero-order chi connectivity index (χ0) is 15.5. The van der Waals surface area contributed by atoms with E-state index in [1.165, 1.54) is 10.6 Å². The van der Waals surface area contributed by atoms with Crippen molar-refractivity contribution < 1.29 is 4.74 Å². The summed E-state index contributed by atoms with van der Waals surface area (Å²) in [4.78, 5) is 9.55. The van der Waals surface area contributed by atoms with Gasteiger partial charge in [-0.1, -0.05) is 30.3 Å². The maximum atomic E-state index is 5.64. The molecule has 122 valence electrons. The van der Waals surface area contributed by atoms with Crippen molar-refractivity contribution in [2.24, 2.45) is 0 Å². The van der Waals surface area contributed by atoms with Gasteiger partial charge in [-0.15, -0.1) is 11.3 Å². The molecular weight excluding hydrogens is 306 g/mol. The van der Waals surface area contributed by atoms with Crippen LogP contribution in [-0.4, -0.2) is 60.2 Å². The van der Waals surface area contributed by atoms with Crippen molar-refractivity contribution in [2.45, 2.75) is 18.6 Å². The van der Waals surface area contributed by atoms with Gasteiger partial charge in [0, 0.05) is 50.7 Å². The van der Waals surface area contributed by atoms with Gasteiger partial charge in [-0.25, -0.2) is 4.98 Å². The molecule has 4 nitrogen and oxygen atoms in total. The van der Waals surface area contributed by atoms with Crippen molar-refractivity contribution >= 4 is 11.3 Å². The Bertz CT molecular complexity index is 592. The minimum atomic E-state index is 0.388. The molecule has 0 saturated carbocycles. The normalized spacial score (nSPS) is 23.7. The Morgan fingerprint density at radius 2 is 1.96 bits per heavy atom. The van der Waals surface area contributed by atoms with Gasteiger partial charge in [0.25, 0.3) is 0 Å². The van der Waals surface area contributed by atoms with Gasteiger partial charge in [-0.3, -0.25) is 4.90 Å². The van der Waals surface area contributed by atoms with Crippen molar-refractivity contribution in [1.29, 1.82) is 0 Å². The molecule has 2 aromatic rings. The van der Waals surface area contributed by atoms with E-state index in [0.29, 0.717) is 12.1 Å². The Labute approximate surface area is 141 Å². The third-order valence-electron chi connectivity index (χ3n) is 4.78. The maximum absolute atomic E-state index is 5.64. The van der Waals surface area contributed by atoms with Crippen LogP contribution in [0, 0.1) is 0 Å². The average molecular weight is 329 g/mol. The summed E-state index contributed by atoms with van der Waals surface area (Å²) in [6.45, 7) is 6.55. The molecule has 2 unspecified atom stereocenters. The zero-order valence-electron chi connectivity index (χ0n) is 13.3. The predicted molar refractivity (Wildman–Crippen MR) is 92.8 cm³/mol. The van der Waals surface area contributed by atoms with Gasteiger partial charge < -0.3 is 9.64 Å². The van der Waals surface area contributed by atoms with Crippen LogP contribution in [0.4, 0.5) is 0 Å². The molecular formula is C18H23N3OS. The van der Waals surface area contributed by atoms with E-state index in [1.807, 2.05) is 6.20 Å². The molecule has 0 bridgehead atoms. The standard InChI is InChI=1S/C18H23N3OS/c1-2-4-15(5-3-1)18(16-14-22-16)21-11-9-20(10-12-21)8-6-17-19-7-13-23-17/h1-5,7,13,16,18H,6,8-12,14H2. The van der Waals surface area contributed by atoms with E-state index < -0.39 is 0 Å². The number of hydrogen-bond acceptors (Lipinski definition) is 5.